The van der Waals surface area contributed by atoms with Crippen LogP contribution in [0.3, 0.4) is 0 Å². The van der Waals surface area contributed by atoms with Gasteiger partial charge in [-0.15, -0.1) is 0 Å². The molecule has 1 heterocycles. The van der Waals surface area contributed by atoms with Crippen LogP contribution in [0.2, 0.25) is 0 Å². The highest BCUT2D eigenvalue weighted by Crippen LogP contribution is 2.28. The van der Waals surface area contributed by atoms with Gasteiger partial charge in [0.1, 0.15) is 0 Å². The molecular weight excluding hydrogens is 276 g/mol. The molecule has 4 heteroatoms. The fourth-order valence-corrected chi connectivity index (χ4v) is 2.69. The summed E-state index contributed by atoms with van der Waals surface area (Å²) in [7, 11) is 0. The largest absolute Gasteiger partial charge is 0.332 e. The summed E-state index contributed by atoms with van der Waals surface area (Å²) in [6.07, 6.45) is 4.37. The highest BCUT2D eigenvalue weighted by molar-refractivity contribution is 5.48. The molecule has 0 unspecified atom stereocenters. The van der Waals surface area contributed by atoms with E-state index in [1.165, 1.54) is 0 Å². The van der Waals surface area contributed by atoms with E-state index in [1.807, 2.05) is 6.07 Å². The summed E-state index contributed by atoms with van der Waals surface area (Å²) < 4.78 is 12.5. The summed E-state index contributed by atoms with van der Waals surface area (Å²) in [5.41, 5.74) is 1.16. The van der Waals surface area contributed by atoms with Crippen LogP contribution < -0.4 is 10.2 Å². The van der Waals surface area contributed by atoms with Crippen LogP contribution in [0.25, 0.3) is 0 Å². The van der Waals surface area contributed by atoms with Crippen molar-refractivity contribution in [1.82, 2.24) is 5.32 Å². The lowest BCUT2D eigenvalue weighted by Gasteiger charge is -2.47. The van der Waals surface area contributed by atoms with Crippen LogP contribution in [0.4, 0.5) is 5.69 Å². The Morgan fingerprint density at radius 2 is 1.68 bits per heavy atom. The van der Waals surface area contributed by atoms with Crippen LogP contribution in [0.1, 0.15) is 39.5 Å². The summed E-state index contributed by atoms with van der Waals surface area (Å²) in [4.78, 5) is 2.27. The summed E-state index contributed by atoms with van der Waals surface area (Å²) in [5.74, 6) is -0.677. The third kappa shape index (κ3) is 4.45. The van der Waals surface area contributed by atoms with Gasteiger partial charge >= 0.3 is 0 Å². The first-order chi connectivity index (χ1) is 10.8. The Morgan fingerprint density at radius 3 is 2.27 bits per heavy atom. The molecule has 1 aliphatic rings. The quantitative estimate of drug-likeness (QED) is 0.560. The Kier molecular flexibility index (Phi) is 7.16. The predicted molar refractivity (Wildman–Crippen MR) is 91.1 cm³/mol. The summed E-state index contributed by atoms with van der Waals surface area (Å²) >= 11 is 0. The second-order valence-corrected chi connectivity index (χ2v) is 5.78. The van der Waals surface area contributed by atoms with E-state index in [2.05, 4.69) is 48.3 Å². The fourth-order valence-electron chi connectivity index (χ4n) is 2.69. The zero-order chi connectivity index (χ0) is 15.7. The van der Waals surface area contributed by atoms with Crippen molar-refractivity contribution in [3.63, 3.8) is 0 Å². The van der Waals surface area contributed by atoms with Gasteiger partial charge in [0.2, 0.25) is 0 Å². The lowest BCUT2D eigenvalue weighted by molar-refractivity contribution is -0.239. The molecule has 0 amide bonds. The molecule has 0 saturated carbocycles. The number of para-hydroxylation sites is 1. The van der Waals surface area contributed by atoms with Gasteiger partial charge in [0.25, 0.3) is 5.91 Å². The van der Waals surface area contributed by atoms with Gasteiger partial charge < -0.3 is 19.7 Å². The number of benzene rings is 1. The Balaban J connectivity index is 2.16. The molecule has 0 atom stereocenters. The SMILES string of the molecule is CCCCOC1(OCCCC)CNCCN1c1ccccc1. The van der Waals surface area contributed by atoms with E-state index in [-0.39, 0.29) is 0 Å². The molecular formula is C18H30N2O2. The Bertz CT molecular complexity index is 401. The van der Waals surface area contributed by atoms with Gasteiger partial charge in [0, 0.05) is 18.8 Å². The van der Waals surface area contributed by atoms with E-state index >= 15 is 0 Å². The molecule has 1 aromatic rings. The first kappa shape index (κ1) is 17.3. The minimum Gasteiger partial charge on any atom is -0.332 e. The highest BCUT2D eigenvalue weighted by Gasteiger charge is 2.41. The van der Waals surface area contributed by atoms with Crippen LogP contribution in [0.5, 0.6) is 0 Å². The molecule has 4 nitrogen and oxygen atoms in total. The van der Waals surface area contributed by atoms with E-state index < -0.39 is 5.91 Å². The smallest absolute Gasteiger partial charge is 0.265 e. The number of unbranched alkanes of at least 4 members (excludes halogenated alkanes) is 2. The number of ether oxygens (including phenoxy) is 2. The zero-order valence-corrected chi connectivity index (χ0v) is 14.0. The number of rotatable bonds is 9. The number of piperazine rings is 1. The standard InChI is InChI=1S/C18H30N2O2/c1-3-5-14-21-18(22-15-6-4-2)16-19-12-13-20(18)17-10-8-7-9-11-17/h7-11,19H,3-6,12-16H2,1-2H3. The van der Waals surface area contributed by atoms with Gasteiger partial charge in [0.05, 0.1) is 19.8 Å². The fraction of sp³-hybridized carbons (Fsp3) is 0.667. The molecule has 0 aliphatic carbocycles. The third-order valence-corrected chi connectivity index (χ3v) is 3.99. The van der Waals surface area contributed by atoms with Crippen molar-refractivity contribution in [2.45, 2.75) is 45.4 Å². The maximum atomic E-state index is 6.27. The van der Waals surface area contributed by atoms with Crippen molar-refractivity contribution in [1.29, 1.82) is 0 Å². The van der Waals surface area contributed by atoms with E-state index in [0.717, 1.165) is 57.7 Å². The normalized spacial score (nSPS) is 17.6. The van der Waals surface area contributed by atoms with Gasteiger partial charge in [-0.05, 0) is 25.0 Å². The Labute approximate surface area is 134 Å². The highest BCUT2D eigenvalue weighted by atomic mass is 16.7. The van der Waals surface area contributed by atoms with Crippen molar-refractivity contribution >= 4 is 5.69 Å². The molecule has 124 valence electrons. The first-order valence-electron chi connectivity index (χ1n) is 8.63. The zero-order valence-electron chi connectivity index (χ0n) is 14.0. The molecule has 0 spiro atoms. The monoisotopic (exact) mass is 306 g/mol. The molecule has 1 saturated heterocycles. The molecule has 0 bridgehead atoms. The topological polar surface area (TPSA) is 33.7 Å². The predicted octanol–water partition coefficient (Wildman–Crippen LogP) is 3.38. The van der Waals surface area contributed by atoms with Crippen molar-refractivity contribution in [2.75, 3.05) is 37.7 Å². The van der Waals surface area contributed by atoms with Gasteiger partial charge in [-0.25, -0.2) is 0 Å². The average Bonchev–Trinajstić information content (AvgIpc) is 2.57. The number of anilines is 1. The average molecular weight is 306 g/mol. The molecule has 1 N–H and O–H groups in total. The molecule has 0 aromatic heterocycles. The van der Waals surface area contributed by atoms with Crippen LogP contribution in [-0.2, 0) is 9.47 Å². The second kappa shape index (κ2) is 9.13. The van der Waals surface area contributed by atoms with Crippen molar-refractivity contribution in [3.05, 3.63) is 30.3 Å². The van der Waals surface area contributed by atoms with Crippen molar-refractivity contribution < 1.29 is 9.47 Å². The number of hydrogen-bond acceptors (Lipinski definition) is 4. The Morgan fingerprint density at radius 1 is 1.05 bits per heavy atom. The van der Waals surface area contributed by atoms with Crippen LogP contribution in [-0.4, -0.2) is 38.8 Å². The van der Waals surface area contributed by atoms with E-state index in [9.17, 15) is 0 Å². The molecule has 1 fully saturated rings. The van der Waals surface area contributed by atoms with E-state index in [4.69, 9.17) is 9.47 Å². The van der Waals surface area contributed by atoms with E-state index in [0.29, 0.717) is 6.54 Å². The van der Waals surface area contributed by atoms with E-state index in [1.54, 1.807) is 0 Å². The molecule has 2 rings (SSSR count). The van der Waals surface area contributed by atoms with Crippen molar-refractivity contribution in [3.8, 4) is 0 Å². The maximum absolute atomic E-state index is 6.27. The summed E-state index contributed by atoms with van der Waals surface area (Å²) in [6, 6.07) is 10.4. The summed E-state index contributed by atoms with van der Waals surface area (Å²) in [5, 5.41) is 3.44. The second-order valence-electron chi connectivity index (χ2n) is 5.78. The minimum absolute atomic E-state index is 0.677. The van der Waals surface area contributed by atoms with Crippen LogP contribution in [0, 0.1) is 0 Å². The van der Waals surface area contributed by atoms with Gasteiger partial charge in [0.15, 0.2) is 0 Å². The lowest BCUT2D eigenvalue weighted by Crippen LogP contribution is -2.64. The number of hydrogen-bond donors (Lipinski definition) is 1. The number of nitrogens with one attached hydrogen (secondary N) is 1. The molecule has 1 aliphatic heterocycles. The first-order valence-corrected chi connectivity index (χ1v) is 8.63. The van der Waals surface area contributed by atoms with Crippen LogP contribution in [0.15, 0.2) is 30.3 Å². The molecule has 22 heavy (non-hydrogen) atoms. The third-order valence-electron chi connectivity index (χ3n) is 3.99. The minimum atomic E-state index is -0.677. The number of nitrogens with zero attached hydrogens (tertiary/aromatic N) is 1. The summed E-state index contributed by atoms with van der Waals surface area (Å²) in [6.45, 7) is 8.37. The van der Waals surface area contributed by atoms with Crippen molar-refractivity contribution in [2.24, 2.45) is 0 Å². The van der Waals surface area contributed by atoms with Gasteiger partial charge in [-0.3, -0.25) is 0 Å². The lowest BCUT2D eigenvalue weighted by atomic mass is 10.2. The maximum Gasteiger partial charge on any atom is 0.265 e. The molecule has 1 aromatic carbocycles. The molecule has 0 radical (unpaired) electrons. The van der Waals surface area contributed by atoms with Gasteiger partial charge in [-0.1, -0.05) is 44.9 Å². The Hall–Kier alpha value is -1.10. The van der Waals surface area contributed by atoms with Crippen LogP contribution >= 0.6 is 0 Å². The van der Waals surface area contributed by atoms with Gasteiger partial charge in [-0.2, -0.15) is 0 Å².